The Labute approximate surface area is 154 Å². The molecular formula is C21H25N3O2. The van der Waals surface area contributed by atoms with Crippen molar-refractivity contribution in [3.63, 3.8) is 0 Å². The zero-order valence-corrected chi connectivity index (χ0v) is 15.7. The van der Waals surface area contributed by atoms with Crippen LogP contribution in [0, 0.1) is 6.92 Å². The highest BCUT2D eigenvalue weighted by molar-refractivity contribution is 5.86. The fourth-order valence-corrected chi connectivity index (χ4v) is 4.51. The second-order valence-corrected chi connectivity index (χ2v) is 7.69. The van der Waals surface area contributed by atoms with Crippen molar-refractivity contribution in [2.75, 3.05) is 30.9 Å². The van der Waals surface area contributed by atoms with Crippen molar-refractivity contribution in [2.24, 2.45) is 0 Å². The van der Waals surface area contributed by atoms with Gasteiger partial charge in [-0.15, -0.1) is 0 Å². The van der Waals surface area contributed by atoms with Crippen LogP contribution in [0.2, 0.25) is 0 Å². The molecule has 0 aromatic heterocycles. The molecule has 4 rings (SSSR count). The number of aryl methyl sites for hydroxylation is 1. The van der Waals surface area contributed by atoms with Gasteiger partial charge in [0.25, 0.3) is 0 Å². The summed E-state index contributed by atoms with van der Waals surface area (Å²) in [5.41, 5.74) is 4.42. The van der Waals surface area contributed by atoms with Crippen LogP contribution in [0.3, 0.4) is 0 Å². The number of hydrogen-bond acceptors (Lipinski definition) is 4. The van der Waals surface area contributed by atoms with Gasteiger partial charge in [-0.05, 0) is 56.3 Å². The molecule has 1 fully saturated rings. The van der Waals surface area contributed by atoms with Crippen molar-refractivity contribution in [3.05, 3.63) is 53.6 Å². The highest BCUT2D eigenvalue weighted by atomic mass is 16.6. The van der Waals surface area contributed by atoms with Crippen LogP contribution in [0.1, 0.15) is 24.5 Å². The molecule has 136 valence electrons. The van der Waals surface area contributed by atoms with Gasteiger partial charge in [0.2, 0.25) is 0 Å². The Balaban J connectivity index is 1.54. The number of likely N-dealkylation sites (N-methyl/N-ethyl adjacent to an activating group) is 2. The number of hydrogen-bond donors (Lipinski definition) is 1. The van der Waals surface area contributed by atoms with E-state index in [4.69, 9.17) is 4.74 Å². The number of carbonyl (C=O) groups is 1. The quantitative estimate of drug-likeness (QED) is 0.889. The SMILES string of the molecule is Cc1ccc(NC(=O)Oc2ccc3c(c2)C2(C)CCN(C)C2N3C)cc1. The molecule has 2 atom stereocenters. The maximum Gasteiger partial charge on any atom is 0.417 e. The molecule has 1 amide bonds. The lowest BCUT2D eigenvalue weighted by Gasteiger charge is -2.32. The van der Waals surface area contributed by atoms with E-state index < -0.39 is 6.09 Å². The van der Waals surface area contributed by atoms with Gasteiger partial charge in [-0.1, -0.05) is 24.6 Å². The first-order valence-corrected chi connectivity index (χ1v) is 9.01. The molecule has 2 heterocycles. The van der Waals surface area contributed by atoms with Crippen molar-refractivity contribution in [1.29, 1.82) is 0 Å². The number of anilines is 2. The summed E-state index contributed by atoms with van der Waals surface area (Å²) in [6, 6.07) is 13.6. The number of carbonyl (C=O) groups excluding carboxylic acids is 1. The summed E-state index contributed by atoms with van der Waals surface area (Å²) in [5.74, 6) is 0.582. The Hall–Kier alpha value is -2.53. The lowest BCUT2D eigenvalue weighted by molar-refractivity contribution is 0.215. The van der Waals surface area contributed by atoms with E-state index in [-0.39, 0.29) is 5.41 Å². The third-order valence-corrected chi connectivity index (χ3v) is 5.81. The number of likely N-dealkylation sites (tertiary alicyclic amines) is 1. The molecule has 26 heavy (non-hydrogen) atoms. The second kappa shape index (κ2) is 6.02. The average molecular weight is 351 g/mol. The number of nitrogens with one attached hydrogen (secondary N) is 1. The minimum atomic E-state index is -0.467. The van der Waals surface area contributed by atoms with Crippen LogP contribution in [0.25, 0.3) is 0 Å². The molecule has 2 aromatic carbocycles. The van der Waals surface area contributed by atoms with Gasteiger partial charge in [-0.3, -0.25) is 10.2 Å². The van der Waals surface area contributed by atoms with Crippen molar-refractivity contribution >= 4 is 17.5 Å². The fraction of sp³-hybridized carbons (Fsp3) is 0.381. The highest BCUT2D eigenvalue weighted by Crippen LogP contribution is 2.51. The van der Waals surface area contributed by atoms with Gasteiger partial charge in [-0.25, -0.2) is 4.79 Å². The van der Waals surface area contributed by atoms with Crippen LogP contribution < -0.4 is 15.0 Å². The molecule has 2 aliphatic rings. The average Bonchev–Trinajstić information content (AvgIpc) is 3.03. The third-order valence-electron chi connectivity index (χ3n) is 5.81. The molecule has 2 unspecified atom stereocenters. The molecule has 0 saturated carbocycles. The number of rotatable bonds is 2. The van der Waals surface area contributed by atoms with Gasteiger partial charge in [0.1, 0.15) is 5.75 Å². The van der Waals surface area contributed by atoms with Crippen molar-refractivity contribution in [2.45, 2.75) is 31.8 Å². The first-order chi connectivity index (χ1) is 12.4. The summed E-state index contributed by atoms with van der Waals surface area (Å²) in [7, 11) is 4.31. The Morgan fingerprint density at radius 3 is 2.65 bits per heavy atom. The van der Waals surface area contributed by atoms with Crippen LogP contribution in [-0.2, 0) is 5.41 Å². The van der Waals surface area contributed by atoms with E-state index in [0.29, 0.717) is 11.9 Å². The van der Waals surface area contributed by atoms with Gasteiger partial charge < -0.3 is 9.64 Å². The van der Waals surface area contributed by atoms with Gasteiger partial charge >= 0.3 is 6.09 Å². The smallest absolute Gasteiger partial charge is 0.410 e. The van der Waals surface area contributed by atoms with Crippen molar-refractivity contribution < 1.29 is 9.53 Å². The topological polar surface area (TPSA) is 44.8 Å². The lowest BCUT2D eigenvalue weighted by atomic mass is 9.81. The number of ether oxygens (including phenoxy) is 1. The normalized spacial score (nSPS) is 24.3. The molecule has 5 heteroatoms. The number of benzene rings is 2. The van der Waals surface area contributed by atoms with E-state index in [1.165, 1.54) is 11.3 Å². The maximum atomic E-state index is 12.2. The Kier molecular flexibility index (Phi) is 3.92. The number of nitrogens with zero attached hydrogens (tertiary/aromatic N) is 2. The fourth-order valence-electron chi connectivity index (χ4n) is 4.51. The van der Waals surface area contributed by atoms with E-state index >= 15 is 0 Å². The molecule has 0 aliphatic carbocycles. The molecule has 1 saturated heterocycles. The second-order valence-electron chi connectivity index (χ2n) is 7.69. The zero-order valence-electron chi connectivity index (χ0n) is 15.7. The highest BCUT2D eigenvalue weighted by Gasteiger charge is 2.52. The van der Waals surface area contributed by atoms with Crippen LogP contribution in [0.15, 0.2) is 42.5 Å². The minimum Gasteiger partial charge on any atom is -0.410 e. The number of fused-ring (bicyclic) bond motifs is 3. The van der Waals surface area contributed by atoms with Crippen molar-refractivity contribution in [3.8, 4) is 5.75 Å². The molecule has 5 nitrogen and oxygen atoms in total. The van der Waals surface area contributed by atoms with Crippen LogP contribution in [-0.4, -0.2) is 37.8 Å². The summed E-state index contributed by atoms with van der Waals surface area (Å²) >= 11 is 0. The van der Waals surface area contributed by atoms with Crippen molar-refractivity contribution in [1.82, 2.24) is 4.90 Å². The predicted molar refractivity (Wildman–Crippen MR) is 104 cm³/mol. The Morgan fingerprint density at radius 1 is 1.19 bits per heavy atom. The van der Waals surface area contributed by atoms with E-state index in [1.54, 1.807) is 0 Å². The molecule has 2 aromatic rings. The third kappa shape index (κ3) is 2.63. The van der Waals surface area contributed by atoms with Crippen LogP contribution in [0.4, 0.5) is 16.2 Å². The lowest BCUT2D eigenvalue weighted by Crippen LogP contribution is -2.45. The van der Waals surface area contributed by atoms with E-state index in [2.05, 4.69) is 42.2 Å². The van der Waals surface area contributed by atoms with Crippen LogP contribution >= 0.6 is 0 Å². The van der Waals surface area contributed by atoms with Gasteiger partial charge in [0, 0.05) is 30.4 Å². The Bertz CT molecular complexity index is 849. The summed E-state index contributed by atoms with van der Waals surface area (Å²) in [4.78, 5) is 17.0. The molecule has 0 bridgehead atoms. The first kappa shape index (κ1) is 16.9. The summed E-state index contributed by atoms with van der Waals surface area (Å²) < 4.78 is 5.55. The first-order valence-electron chi connectivity index (χ1n) is 9.01. The standard InChI is InChI=1S/C21H25N3O2/c1-14-5-7-15(8-6-14)22-20(25)26-16-9-10-18-17(13-16)21(2)11-12-23(3)19(21)24(18)4/h5-10,13,19H,11-12H2,1-4H3,(H,22,25). The number of amides is 1. The molecule has 0 radical (unpaired) electrons. The molecule has 2 aliphatic heterocycles. The molecule has 1 N–H and O–H groups in total. The molecular weight excluding hydrogens is 326 g/mol. The maximum absolute atomic E-state index is 12.2. The minimum absolute atomic E-state index is 0.0611. The summed E-state index contributed by atoms with van der Waals surface area (Å²) in [5, 5.41) is 2.78. The van der Waals surface area contributed by atoms with Gasteiger partial charge in [0.05, 0.1) is 6.17 Å². The van der Waals surface area contributed by atoms with Gasteiger partial charge in [-0.2, -0.15) is 0 Å². The summed E-state index contributed by atoms with van der Waals surface area (Å²) in [6.07, 6.45) is 0.990. The Morgan fingerprint density at radius 2 is 1.92 bits per heavy atom. The largest absolute Gasteiger partial charge is 0.417 e. The van der Waals surface area contributed by atoms with Crippen LogP contribution in [0.5, 0.6) is 5.75 Å². The predicted octanol–water partition coefficient (Wildman–Crippen LogP) is 3.98. The van der Waals surface area contributed by atoms with E-state index in [9.17, 15) is 4.79 Å². The van der Waals surface area contributed by atoms with E-state index in [1.807, 2.05) is 43.3 Å². The monoisotopic (exact) mass is 351 g/mol. The van der Waals surface area contributed by atoms with Gasteiger partial charge in [0.15, 0.2) is 0 Å². The zero-order chi connectivity index (χ0) is 18.5. The molecule has 0 spiro atoms. The summed E-state index contributed by atoms with van der Waals surface area (Å²) in [6.45, 7) is 5.39. The van der Waals surface area contributed by atoms with E-state index in [0.717, 1.165) is 24.2 Å².